The molecule has 1 nitrogen and oxygen atoms in total. The first kappa shape index (κ1) is 10.5. The van der Waals surface area contributed by atoms with Gasteiger partial charge in [0.1, 0.15) is 0 Å². The molecule has 0 spiro atoms. The molecule has 0 bridgehead atoms. The third-order valence-electron chi connectivity index (χ3n) is 2.56. The van der Waals surface area contributed by atoms with Crippen LogP contribution in [0.25, 0.3) is 10.8 Å². The van der Waals surface area contributed by atoms with Crippen molar-refractivity contribution in [1.29, 1.82) is 0 Å². The van der Waals surface area contributed by atoms with Crippen molar-refractivity contribution in [2.45, 2.75) is 12.8 Å². The Morgan fingerprint density at radius 2 is 2.00 bits per heavy atom. The summed E-state index contributed by atoms with van der Waals surface area (Å²) in [5.74, 6) is 0. The fourth-order valence-corrected chi connectivity index (χ4v) is 1.98. The highest BCUT2D eigenvalue weighted by Gasteiger charge is 1.99. The lowest BCUT2D eigenvalue weighted by atomic mass is 10.0. The van der Waals surface area contributed by atoms with Crippen LogP contribution in [0.2, 0.25) is 5.02 Å². The zero-order chi connectivity index (χ0) is 10.7. The predicted octanol–water partition coefficient (Wildman–Crippen LogP) is 3.38. The minimum Gasteiger partial charge on any atom is -0.330 e. The van der Waals surface area contributed by atoms with Gasteiger partial charge in [-0.3, -0.25) is 0 Å². The number of hydrogen-bond acceptors (Lipinski definition) is 1. The van der Waals surface area contributed by atoms with Gasteiger partial charge in [0, 0.05) is 10.4 Å². The molecule has 0 heterocycles. The van der Waals surface area contributed by atoms with Gasteiger partial charge in [-0.25, -0.2) is 0 Å². The van der Waals surface area contributed by atoms with Crippen molar-refractivity contribution < 1.29 is 0 Å². The molecule has 0 aromatic heterocycles. The molecule has 0 atom stereocenters. The van der Waals surface area contributed by atoms with Crippen molar-refractivity contribution in [3.63, 3.8) is 0 Å². The summed E-state index contributed by atoms with van der Waals surface area (Å²) in [6, 6.07) is 12.4. The minimum atomic E-state index is 0.737. The summed E-state index contributed by atoms with van der Waals surface area (Å²) in [5, 5.41) is 3.15. The van der Waals surface area contributed by atoms with Crippen LogP contribution in [0.1, 0.15) is 12.0 Å². The third-order valence-corrected chi connectivity index (χ3v) is 2.89. The summed E-state index contributed by atoms with van der Waals surface area (Å²) in [4.78, 5) is 0. The van der Waals surface area contributed by atoms with Crippen LogP contribution in [0.3, 0.4) is 0 Å². The first-order valence-electron chi connectivity index (χ1n) is 5.18. The highest BCUT2D eigenvalue weighted by atomic mass is 35.5. The lowest BCUT2D eigenvalue weighted by molar-refractivity contribution is 0.833. The van der Waals surface area contributed by atoms with Gasteiger partial charge in [-0.05, 0) is 42.5 Å². The summed E-state index contributed by atoms with van der Waals surface area (Å²) < 4.78 is 0. The fourth-order valence-electron chi connectivity index (χ4n) is 1.74. The number of benzene rings is 2. The van der Waals surface area contributed by atoms with Gasteiger partial charge in [-0.1, -0.05) is 35.9 Å². The lowest BCUT2D eigenvalue weighted by Gasteiger charge is -2.04. The predicted molar refractivity (Wildman–Crippen MR) is 66.3 cm³/mol. The van der Waals surface area contributed by atoms with Gasteiger partial charge < -0.3 is 5.73 Å². The Bertz CT molecular complexity index is 465. The fraction of sp³-hybridized carbons (Fsp3) is 0.231. The van der Waals surface area contributed by atoms with Gasteiger partial charge in [0.05, 0.1) is 0 Å². The van der Waals surface area contributed by atoms with Crippen LogP contribution in [-0.2, 0) is 6.42 Å². The van der Waals surface area contributed by atoms with Crippen LogP contribution in [-0.4, -0.2) is 6.54 Å². The second-order valence-corrected chi connectivity index (χ2v) is 4.09. The number of hydrogen-bond donors (Lipinski definition) is 1. The molecule has 78 valence electrons. The topological polar surface area (TPSA) is 26.0 Å². The average Bonchev–Trinajstić information content (AvgIpc) is 2.27. The molecule has 15 heavy (non-hydrogen) atoms. The zero-order valence-electron chi connectivity index (χ0n) is 8.54. The molecule has 2 aromatic carbocycles. The van der Waals surface area contributed by atoms with Crippen LogP contribution < -0.4 is 5.73 Å². The Morgan fingerprint density at radius 3 is 2.80 bits per heavy atom. The number of halogens is 1. The van der Waals surface area contributed by atoms with Crippen molar-refractivity contribution in [2.75, 3.05) is 6.54 Å². The molecule has 2 aromatic rings. The van der Waals surface area contributed by atoms with Crippen LogP contribution >= 0.6 is 11.6 Å². The summed E-state index contributed by atoms with van der Waals surface area (Å²) >= 11 is 6.14. The highest BCUT2D eigenvalue weighted by molar-refractivity contribution is 6.35. The van der Waals surface area contributed by atoms with E-state index in [1.54, 1.807) is 0 Å². The molecular weight excluding hydrogens is 206 g/mol. The Morgan fingerprint density at radius 1 is 1.13 bits per heavy atom. The zero-order valence-corrected chi connectivity index (χ0v) is 9.30. The smallest absolute Gasteiger partial charge is 0.0484 e. The van der Waals surface area contributed by atoms with Gasteiger partial charge in [-0.2, -0.15) is 0 Å². The number of rotatable bonds is 3. The third kappa shape index (κ3) is 2.31. The molecule has 0 fully saturated rings. The van der Waals surface area contributed by atoms with E-state index < -0.39 is 0 Å². The van der Waals surface area contributed by atoms with Crippen molar-refractivity contribution in [1.82, 2.24) is 0 Å². The van der Waals surface area contributed by atoms with E-state index in [1.807, 2.05) is 12.1 Å². The van der Waals surface area contributed by atoms with E-state index in [1.165, 1.54) is 10.9 Å². The summed E-state index contributed by atoms with van der Waals surface area (Å²) in [6.45, 7) is 0.737. The molecule has 0 saturated heterocycles. The van der Waals surface area contributed by atoms with E-state index >= 15 is 0 Å². The maximum absolute atomic E-state index is 6.14. The number of fused-ring (bicyclic) bond motifs is 1. The monoisotopic (exact) mass is 219 g/mol. The molecule has 2 heteroatoms. The number of aryl methyl sites for hydroxylation is 1. The summed E-state index contributed by atoms with van der Waals surface area (Å²) in [5.41, 5.74) is 6.80. The molecule has 0 radical (unpaired) electrons. The molecule has 2 rings (SSSR count). The quantitative estimate of drug-likeness (QED) is 0.842. The second-order valence-electron chi connectivity index (χ2n) is 3.69. The van der Waals surface area contributed by atoms with Gasteiger partial charge in [0.15, 0.2) is 0 Å². The lowest BCUT2D eigenvalue weighted by Crippen LogP contribution is -2.00. The molecule has 0 saturated carbocycles. The van der Waals surface area contributed by atoms with Crippen LogP contribution in [0, 0.1) is 0 Å². The van der Waals surface area contributed by atoms with Crippen molar-refractivity contribution in [2.24, 2.45) is 5.73 Å². The van der Waals surface area contributed by atoms with Gasteiger partial charge in [0.25, 0.3) is 0 Å². The van der Waals surface area contributed by atoms with Crippen molar-refractivity contribution in [3.05, 3.63) is 47.0 Å². The Hall–Kier alpha value is -1.05. The Kier molecular flexibility index (Phi) is 3.24. The minimum absolute atomic E-state index is 0.737. The molecule has 0 aliphatic carbocycles. The van der Waals surface area contributed by atoms with E-state index in [0.717, 1.165) is 29.8 Å². The number of nitrogens with two attached hydrogens (primary N) is 1. The van der Waals surface area contributed by atoms with Crippen LogP contribution in [0.4, 0.5) is 0 Å². The van der Waals surface area contributed by atoms with E-state index in [2.05, 4.69) is 24.3 Å². The Labute approximate surface area is 94.9 Å². The maximum Gasteiger partial charge on any atom is 0.0484 e. The van der Waals surface area contributed by atoms with E-state index in [0.29, 0.717) is 0 Å². The van der Waals surface area contributed by atoms with Crippen LogP contribution in [0.5, 0.6) is 0 Å². The largest absolute Gasteiger partial charge is 0.330 e. The van der Waals surface area contributed by atoms with E-state index in [9.17, 15) is 0 Å². The first-order valence-corrected chi connectivity index (χ1v) is 5.56. The van der Waals surface area contributed by atoms with E-state index in [-0.39, 0.29) is 0 Å². The van der Waals surface area contributed by atoms with Gasteiger partial charge in [-0.15, -0.1) is 0 Å². The average molecular weight is 220 g/mol. The van der Waals surface area contributed by atoms with E-state index in [4.69, 9.17) is 17.3 Å². The molecule has 0 aliphatic heterocycles. The summed E-state index contributed by atoms with van der Waals surface area (Å²) in [7, 11) is 0. The standard InChI is InChI=1S/C13H14ClN/c14-13-5-1-4-11-7-6-10(3-2-8-15)9-12(11)13/h1,4-7,9H,2-3,8,15H2. The van der Waals surface area contributed by atoms with Crippen molar-refractivity contribution >= 4 is 22.4 Å². The molecule has 2 N–H and O–H groups in total. The van der Waals surface area contributed by atoms with Crippen LogP contribution in [0.15, 0.2) is 36.4 Å². The van der Waals surface area contributed by atoms with Crippen molar-refractivity contribution in [3.8, 4) is 0 Å². The molecule has 0 amide bonds. The highest BCUT2D eigenvalue weighted by Crippen LogP contribution is 2.24. The molecule has 0 aliphatic rings. The second kappa shape index (κ2) is 4.65. The first-order chi connectivity index (χ1) is 7.31. The van der Waals surface area contributed by atoms with Gasteiger partial charge in [0.2, 0.25) is 0 Å². The Balaban J connectivity index is 2.41. The maximum atomic E-state index is 6.14. The summed E-state index contributed by atoms with van der Waals surface area (Å²) in [6.07, 6.45) is 2.05. The normalized spacial score (nSPS) is 10.8. The van der Waals surface area contributed by atoms with Gasteiger partial charge >= 0.3 is 0 Å². The molecule has 0 unspecified atom stereocenters. The SMILES string of the molecule is NCCCc1ccc2cccc(Cl)c2c1. The molecular formula is C13H14ClN.